The van der Waals surface area contributed by atoms with Crippen molar-refractivity contribution < 1.29 is 19.4 Å². The highest BCUT2D eigenvalue weighted by atomic mass is 19.1. The first-order chi connectivity index (χ1) is 11.4. The van der Waals surface area contributed by atoms with Gasteiger partial charge < -0.3 is 15.1 Å². The van der Waals surface area contributed by atoms with Gasteiger partial charge in [-0.25, -0.2) is 4.39 Å². The average molecular weight is 329 g/mol. The minimum absolute atomic E-state index is 0.0271. The van der Waals surface area contributed by atoms with E-state index in [1.165, 1.54) is 24.3 Å². The van der Waals surface area contributed by atoms with Gasteiger partial charge in [-0.15, -0.1) is 0 Å². The van der Waals surface area contributed by atoms with Crippen molar-refractivity contribution in [2.45, 2.75) is 39.2 Å². The average Bonchev–Trinajstić information content (AvgIpc) is 2.54. The van der Waals surface area contributed by atoms with Gasteiger partial charge in [-0.2, -0.15) is 0 Å². The van der Waals surface area contributed by atoms with E-state index in [0.29, 0.717) is 24.1 Å². The molecule has 0 saturated carbocycles. The molecule has 2 aromatic carbocycles. The third-order valence-corrected chi connectivity index (χ3v) is 4.60. The summed E-state index contributed by atoms with van der Waals surface area (Å²) in [4.78, 5) is 14.6. The molecule has 0 fully saturated rings. The number of amides is 1. The molecule has 126 valence electrons. The van der Waals surface area contributed by atoms with Crippen LogP contribution in [0.15, 0.2) is 30.3 Å². The van der Waals surface area contributed by atoms with Crippen molar-refractivity contribution in [3.63, 3.8) is 0 Å². The molecule has 0 bridgehead atoms. The Hall–Kier alpha value is -2.56. The number of phenolic OH excluding ortho intramolecular Hbond substituents is 2. The number of nitrogens with zero attached hydrogens (tertiary/aromatic N) is 1. The number of halogens is 1. The van der Waals surface area contributed by atoms with Crippen LogP contribution >= 0.6 is 0 Å². The summed E-state index contributed by atoms with van der Waals surface area (Å²) in [7, 11) is 0. The van der Waals surface area contributed by atoms with Crippen molar-refractivity contribution in [2.24, 2.45) is 0 Å². The number of aryl methyl sites for hydroxylation is 2. The molecule has 0 aromatic heterocycles. The van der Waals surface area contributed by atoms with E-state index in [2.05, 4.69) is 0 Å². The Morgan fingerprint density at radius 2 is 2.00 bits per heavy atom. The van der Waals surface area contributed by atoms with E-state index >= 15 is 0 Å². The second-order valence-electron chi connectivity index (χ2n) is 6.19. The molecule has 2 N–H and O–H groups in total. The Morgan fingerprint density at radius 1 is 1.25 bits per heavy atom. The summed E-state index contributed by atoms with van der Waals surface area (Å²) in [5.41, 5.74) is 2.20. The van der Waals surface area contributed by atoms with Gasteiger partial charge in [0.15, 0.2) is 0 Å². The fourth-order valence-electron chi connectivity index (χ4n) is 3.24. The van der Waals surface area contributed by atoms with Gasteiger partial charge in [-0.05, 0) is 61.6 Å². The lowest BCUT2D eigenvalue weighted by atomic mass is 9.95. The van der Waals surface area contributed by atoms with Gasteiger partial charge in [-0.3, -0.25) is 4.79 Å². The second-order valence-corrected chi connectivity index (χ2v) is 6.19. The third kappa shape index (κ3) is 2.70. The normalized spacial score (nSPS) is 16.8. The highest BCUT2D eigenvalue weighted by Gasteiger charge is 2.31. The van der Waals surface area contributed by atoms with Gasteiger partial charge >= 0.3 is 0 Å². The van der Waals surface area contributed by atoms with Gasteiger partial charge in [0.2, 0.25) is 0 Å². The van der Waals surface area contributed by atoms with Crippen molar-refractivity contribution in [2.75, 3.05) is 4.90 Å². The summed E-state index contributed by atoms with van der Waals surface area (Å²) in [6.45, 7) is 3.80. The van der Waals surface area contributed by atoms with Crippen LogP contribution in [0.1, 0.15) is 41.8 Å². The van der Waals surface area contributed by atoms with E-state index in [-0.39, 0.29) is 34.8 Å². The number of phenols is 2. The molecular weight excluding hydrogens is 309 g/mol. The topological polar surface area (TPSA) is 60.8 Å². The molecule has 0 spiro atoms. The zero-order chi connectivity index (χ0) is 17.4. The van der Waals surface area contributed by atoms with Crippen LogP contribution in [0.3, 0.4) is 0 Å². The molecule has 4 nitrogen and oxygen atoms in total. The van der Waals surface area contributed by atoms with Crippen LogP contribution in [-0.4, -0.2) is 22.2 Å². The molecule has 1 aliphatic heterocycles. The number of aromatic hydroxyl groups is 2. The molecule has 0 radical (unpaired) electrons. The molecule has 2 aromatic rings. The summed E-state index contributed by atoms with van der Waals surface area (Å²) in [6, 6.07) is 7.06. The molecule has 5 heteroatoms. The first-order valence-corrected chi connectivity index (χ1v) is 8.09. The predicted octanol–water partition coefficient (Wildman–Crippen LogP) is 3.78. The lowest BCUT2D eigenvalue weighted by Gasteiger charge is -2.35. The Balaban J connectivity index is 2.07. The highest BCUT2D eigenvalue weighted by molar-refractivity contribution is 6.09. The number of anilines is 1. The SMILES string of the molecule is CCc1cc(C(=O)N2c3ccc(F)cc3CCC2C)c(O)cc1O. The van der Waals surface area contributed by atoms with E-state index in [4.69, 9.17) is 0 Å². The van der Waals surface area contributed by atoms with Crippen LogP contribution in [-0.2, 0) is 12.8 Å². The van der Waals surface area contributed by atoms with Crippen molar-refractivity contribution in [3.8, 4) is 11.5 Å². The molecule has 1 atom stereocenters. The maximum absolute atomic E-state index is 13.5. The van der Waals surface area contributed by atoms with Gasteiger partial charge in [0.1, 0.15) is 17.3 Å². The number of rotatable bonds is 2. The van der Waals surface area contributed by atoms with E-state index in [0.717, 1.165) is 12.0 Å². The Bertz CT molecular complexity index is 803. The summed E-state index contributed by atoms with van der Waals surface area (Å²) in [5.74, 6) is -0.949. The quantitative estimate of drug-likeness (QED) is 0.881. The maximum atomic E-state index is 13.5. The summed E-state index contributed by atoms with van der Waals surface area (Å²) in [6.07, 6.45) is 1.98. The van der Waals surface area contributed by atoms with Crippen LogP contribution in [0.4, 0.5) is 10.1 Å². The molecule has 0 aliphatic carbocycles. The minimum Gasteiger partial charge on any atom is -0.508 e. The summed E-state index contributed by atoms with van der Waals surface area (Å²) >= 11 is 0. The van der Waals surface area contributed by atoms with E-state index in [1.54, 1.807) is 11.0 Å². The van der Waals surface area contributed by atoms with Gasteiger partial charge in [0.05, 0.1) is 5.56 Å². The van der Waals surface area contributed by atoms with Crippen LogP contribution in [0, 0.1) is 5.82 Å². The zero-order valence-corrected chi connectivity index (χ0v) is 13.7. The molecule has 24 heavy (non-hydrogen) atoms. The fraction of sp³-hybridized carbons (Fsp3) is 0.316. The largest absolute Gasteiger partial charge is 0.508 e. The van der Waals surface area contributed by atoms with Crippen molar-refractivity contribution in [1.82, 2.24) is 0 Å². The first kappa shape index (κ1) is 16.3. The number of carbonyl (C=O) groups excluding carboxylic acids is 1. The number of hydrogen-bond acceptors (Lipinski definition) is 3. The third-order valence-electron chi connectivity index (χ3n) is 4.60. The smallest absolute Gasteiger partial charge is 0.262 e. The van der Waals surface area contributed by atoms with E-state index in [9.17, 15) is 19.4 Å². The Kier molecular flexibility index (Phi) is 4.18. The van der Waals surface area contributed by atoms with Crippen molar-refractivity contribution in [1.29, 1.82) is 0 Å². The molecular formula is C19H20FNO3. The van der Waals surface area contributed by atoms with Crippen LogP contribution in [0.2, 0.25) is 0 Å². The van der Waals surface area contributed by atoms with Crippen LogP contribution in [0.5, 0.6) is 11.5 Å². The summed E-state index contributed by atoms with van der Waals surface area (Å²) in [5, 5.41) is 19.9. The number of fused-ring (bicyclic) bond motifs is 1. The standard InChI is InChI=1S/C19H20FNO3/c1-3-12-9-15(18(23)10-17(12)22)19(24)21-11(2)4-5-13-8-14(20)6-7-16(13)21/h6-11,22-23H,3-5H2,1-2H3. The number of carbonyl (C=O) groups is 1. The molecule has 1 amide bonds. The minimum atomic E-state index is -0.345. The van der Waals surface area contributed by atoms with Crippen molar-refractivity contribution >= 4 is 11.6 Å². The second kappa shape index (κ2) is 6.15. The van der Waals surface area contributed by atoms with E-state index in [1.807, 2.05) is 13.8 Å². The van der Waals surface area contributed by atoms with Crippen LogP contribution in [0.25, 0.3) is 0 Å². The molecule has 1 aliphatic rings. The predicted molar refractivity (Wildman–Crippen MR) is 90.1 cm³/mol. The van der Waals surface area contributed by atoms with E-state index < -0.39 is 0 Å². The van der Waals surface area contributed by atoms with Gasteiger partial charge in [0, 0.05) is 17.8 Å². The number of hydrogen-bond donors (Lipinski definition) is 2. The first-order valence-electron chi connectivity index (χ1n) is 8.09. The van der Waals surface area contributed by atoms with Gasteiger partial charge in [0.25, 0.3) is 5.91 Å². The lowest BCUT2D eigenvalue weighted by Crippen LogP contribution is -2.42. The van der Waals surface area contributed by atoms with Crippen LogP contribution < -0.4 is 4.90 Å². The molecule has 0 saturated heterocycles. The number of benzene rings is 2. The van der Waals surface area contributed by atoms with Crippen molar-refractivity contribution in [3.05, 3.63) is 52.8 Å². The molecule has 3 rings (SSSR count). The Morgan fingerprint density at radius 3 is 2.71 bits per heavy atom. The molecule has 1 unspecified atom stereocenters. The van der Waals surface area contributed by atoms with Gasteiger partial charge in [-0.1, -0.05) is 6.92 Å². The molecule has 1 heterocycles. The summed E-state index contributed by atoms with van der Waals surface area (Å²) < 4.78 is 13.5. The Labute approximate surface area is 140 Å². The maximum Gasteiger partial charge on any atom is 0.262 e. The fourth-order valence-corrected chi connectivity index (χ4v) is 3.24. The lowest BCUT2D eigenvalue weighted by molar-refractivity contribution is 0.0972. The monoisotopic (exact) mass is 329 g/mol. The highest BCUT2D eigenvalue weighted by Crippen LogP contribution is 2.35. The zero-order valence-electron chi connectivity index (χ0n) is 13.7.